The second-order valence-corrected chi connectivity index (χ2v) is 2.53. The van der Waals surface area contributed by atoms with Crippen LogP contribution in [0.5, 0.6) is 0 Å². The van der Waals surface area contributed by atoms with E-state index < -0.39 is 5.97 Å². The van der Waals surface area contributed by atoms with Gasteiger partial charge in [0, 0.05) is 6.21 Å². The zero-order chi connectivity index (χ0) is 10.4. The zero-order valence-corrected chi connectivity index (χ0v) is 7.34. The molecule has 0 saturated heterocycles. The molecule has 0 heterocycles. The number of hydrogen-bond acceptors (Lipinski definition) is 3. The Labute approximate surface area is 81.1 Å². The minimum atomic E-state index is -0.984. The summed E-state index contributed by atoms with van der Waals surface area (Å²) in [7, 11) is 0. The summed E-state index contributed by atoms with van der Waals surface area (Å²) in [6.07, 6.45) is 1.66. The van der Waals surface area contributed by atoms with Crippen LogP contribution in [0.25, 0.3) is 0 Å². The van der Waals surface area contributed by atoms with Crippen LogP contribution < -0.4 is 0 Å². The third-order valence-corrected chi connectivity index (χ3v) is 1.52. The summed E-state index contributed by atoms with van der Waals surface area (Å²) in [5.74, 6) is -0.984. The lowest BCUT2D eigenvalue weighted by molar-refractivity contribution is 0.0697. The molecule has 0 radical (unpaired) electrons. The Balaban J connectivity index is 2.85. The van der Waals surface area contributed by atoms with E-state index in [0.717, 1.165) is 0 Å². The van der Waals surface area contributed by atoms with Crippen molar-refractivity contribution in [3.63, 3.8) is 0 Å². The maximum atomic E-state index is 10.6. The third kappa shape index (κ3) is 2.72. The molecule has 1 rings (SSSR count). The third-order valence-electron chi connectivity index (χ3n) is 1.52. The number of hydrogen-bond donors (Lipinski definition) is 1. The second-order valence-electron chi connectivity index (χ2n) is 2.53. The number of aromatic carboxylic acids is 1. The van der Waals surface area contributed by atoms with Gasteiger partial charge in [-0.15, -0.1) is 0 Å². The zero-order valence-electron chi connectivity index (χ0n) is 7.34. The number of carboxylic acid groups (broad SMARTS) is 1. The Morgan fingerprint density at radius 2 is 2.43 bits per heavy atom. The first-order chi connectivity index (χ1) is 6.74. The van der Waals surface area contributed by atoms with Gasteiger partial charge >= 0.3 is 5.97 Å². The van der Waals surface area contributed by atoms with E-state index in [2.05, 4.69) is 4.99 Å². The van der Waals surface area contributed by atoms with Gasteiger partial charge in [0.2, 0.25) is 0 Å². The fourth-order valence-corrected chi connectivity index (χ4v) is 0.911. The van der Waals surface area contributed by atoms with Gasteiger partial charge in [-0.3, -0.25) is 4.99 Å². The van der Waals surface area contributed by atoms with Gasteiger partial charge in [0.25, 0.3) is 0 Å². The average Bonchev–Trinajstić information content (AvgIpc) is 2.19. The smallest absolute Gasteiger partial charge is 0.335 e. The van der Waals surface area contributed by atoms with E-state index in [1.807, 2.05) is 6.07 Å². The van der Waals surface area contributed by atoms with Crippen molar-refractivity contribution in [3.05, 3.63) is 29.8 Å². The average molecular weight is 188 g/mol. The van der Waals surface area contributed by atoms with Crippen LogP contribution >= 0.6 is 0 Å². The minimum absolute atomic E-state index is 0.191. The van der Waals surface area contributed by atoms with Crippen LogP contribution in [0, 0.1) is 11.3 Å². The van der Waals surface area contributed by atoms with Gasteiger partial charge in [-0.25, -0.2) is 4.79 Å². The second kappa shape index (κ2) is 4.77. The van der Waals surface area contributed by atoms with Crippen LogP contribution in [0.4, 0.5) is 5.69 Å². The van der Waals surface area contributed by atoms with E-state index in [0.29, 0.717) is 5.69 Å². The van der Waals surface area contributed by atoms with Crippen molar-refractivity contribution >= 4 is 17.9 Å². The fourth-order valence-electron chi connectivity index (χ4n) is 0.911. The Bertz CT molecular complexity index is 405. The van der Waals surface area contributed by atoms with Crippen molar-refractivity contribution in [2.24, 2.45) is 4.99 Å². The Morgan fingerprint density at radius 1 is 1.64 bits per heavy atom. The number of nitrogens with zero attached hydrogens (tertiary/aromatic N) is 2. The molecule has 0 spiro atoms. The molecular formula is C10H8N2O2. The van der Waals surface area contributed by atoms with Crippen molar-refractivity contribution < 1.29 is 9.90 Å². The highest BCUT2D eigenvalue weighted by atomic mass is 16.4. The molecule has 4 nitrogen and oxygen atoms in total. The Hall–Kier alpha value is -2.15. The summed E-state index contributed by atoms with van der Waals surface area (Å²) >= 11 is 0. The first kappa shape index (κ1) is 9.93. The van der Waals surface area contributed by atoms with Crippen molar-refractivity contribution in [3.8, 4) is 6.07 Å². The summed E-state index contributed by atoms with van der Waals surface area (Å²) in [4.78, 5) is 14.5. The van der Waals surface area contributed by atoms with Gasteiger partial charge in [-0.2, -0.15) is 5.26 Å². The van der Waals surface area contributed by atoms with Crippen LogP contribution in [0.1, 0.15) is 16.8 Å². The molecule has 14 heavy (non-hydrogen) atoms. The molecule has 1 aromatic carbocycles. The van der Waals surface area contributed by atoms with Gasteiger partial charge in [0.05, 0.1) is 23.7 Å². The van der Waals surface area contributed by atoms with Gasteiger partial charge in [-0.05, 0) is 18.2 Å². The number of rotatable bonds is 3. The largest absolute Gasteiger partial charge is 0.478 e. The van der Waals surface area contributed by atoms with Gasteiger partial charge in [0.1, 0.15) is 0 Å². The van der Waals surface area contributed by atoms with Crippen molar-refractivity contribution in [1.82, 2.24) is 0 Å². The number of carboxylic acids is 1. The molecule has 0 atom stereocenters. The lowest BCUT2D eigenvalue weighted by Gasteiger charge is -1.95. The first-order valence-corrected chi connectivity index (χ1v) is 3.97. The van der Waals surface area contributed by atoms with E-state index in [-0.39, 0.29) is 12.0 Å². The van der Waals surface area contributed by atoms with Crippen LogP contribution in [0.15, 0.2) is 29.3 Å². The van der Waals surface area contributed by atoms with Gasteiger partial charge < -0.3 is 5.11 Å². The summed E-state index contributed by atoms with van der Waals surface area (Å²) in [5, 5.41) is 16.9. The molecule has 0 aliphatic carbocycles. The number of carbonyl (C=O) groups is 1. The Kier molecular flexibility index (Phi) is 3.39. The normalized spacial score (nSPS) is 9.93. The van der Waals surface area contributed by atoms with Crippen molar-refractivity contribution in [2.45, 2.75) is 6.42 Å². The van der Waals surface area contributed by atoms with E-state index in [4.69, 9.17) is 10.4 Å². The molecule has 0 aromatic heterocycles. The SMILES string of the molecule is N#CCC=Nc1cccc(C(=O)O)c1. The molecular weight excluding hydrogens is 180 g/mol. The lowest BCUT2D eigenvalue weighted by atomic mass is 10.2. The predicted octanol–water partition coefficient (Wildman–Crippen LogP) is 2.00. The van der Waals surface area contributed by atoms with Crippen LogP contribution in [-0.4, -0.2) is 17.3 Å². The summed E-state index contributed by atoms with van der Waals surface area (Å²) in [6.45, 7) is 0. The van der Waals surface area contributed by atoms with Gasteiger partial charge in [0.15, 0.2) is 0 Å². The standard InChI is InChI=1S/C10H8N2O2/c11-5-2-6-12-9-4-1-3-8(7-9)10(13)14/h1,3-4,6-7H,2H2,(H,13,14). The molecule has 0 fully saturated rings. The number of benzene rings is 1. The van der Waals surface area contributed by atoms with Crippen LogP contribution in [-0.2, 0) is 0 Å². The van der Waals surface area contributed by atoms with E-state index >= 15 is 0 Å². The minimum Gasteiger partial charge on any atom is -0.478 e. The Morgan fingerprint density at radius 3 is 3.07 bits per heavy atom. The quantitative estimate of drug-likeness (QED) is 0.737. The van der Waals surface area contributed by atoms with Crippen molar-refractivity contribution in [2.75, 3.05) is 0 Å². The predicted molar refractivity (Wildman–Crippen MR) is 51.8 cm³/mol. The summed E-state index contributed by atoms with van der Waals surface area (Å²) < 4.78 is 0. The highest BCUT2D eigenvalue weighted by molar-refractivity contribution is 5.88. The number of nitriles is 1. The summed E-state index contributed by atoms with van der Waals surface area (Å²) in [6, 6.07) is 8.15. The molecule has 0 saturated carbocycles. The van der Waals surface area contributed by atoms with Crippen LogP contribution in [0.3, 0.4) is 0 Å². The molecule has 0 aliphatic rings. The molecule has 4 heteroatoms. The lowest BCUT2D eigenvalue weighted by Crippen LogP contribution is -1.94. The van der Waals surface area contributed by atoms with Crippen LogP contribution in [0.2, 0.25) is 0 Å². The van der Waals surface area contributed by atoms with Gasteiger partial charge in [-0.1, -0.05) is 6.07 Å². The maximum absolute atomic E-state index is 10.6. The molecule has 1 aromatic rings. The highest BCUT2D eigenvalue weighted by Gasteiger charge is 2.01. The molecule has 0 bridgehead atoms. The van der Waals surface area contributed by atoms with E-state index in [1.165, 1.54) is 18.3 Å². The van der Waals surface area contributed by atoms with E-state index in [1.54, 1.807) is 12.1 Å². The molecule has 0 unspecified atom stereocenters. The highest BCUT2D eigenvalue weighted by Crippen LogP contribution is 2.13. The molecule has 70 valence electrons. The topological polar surface area (TPSA) is 73.5 Å². The molecule has 0 aliphatic heterocycles. The first-order valence-electron chi connectivity index (χ1n) is 3.97. The molecule has 1 N–H and O–H groups in total. The number of aliphatic imine (C=N–C) groups is 1. The van der Waals surface area contributed by atoms with E-state index in [9.17, 15) is 4.79 Å². The monoisotopic (exact) mass is 188 g/mol. The van der Waals surface area contributed by atoms with Crippen molar-refractivity contribution in [1.29, 1.82) is 5.26 Å². The fraction of sp³-hybridized carbons (Fsp3) is 0.100. The summed E-state index contributed by atoms with van der Waals surface area (Å²) in [5.41, 5.74) is 0.733. The maximum Gasteiger partial charge on any atom is 0.335 e. The molecule has 0 amide bonds.